The van der Waals surface area contributed by atoms with Crippen molar-refractivity contribution in [1.82, 2.24) is 15.1 Å². The highest BCUT2D eigenvalue weighted by molar-refractivity contribution is 5.82. The van der Waals surface area contributed by atoms with Gasteiger partial charge in [0.15, 0.2) is 0 Å². The van der Waals surface area contributed by atoms with Crippen molar-refractivity contribution in [3.8, 4) is 0 Å². The molecule has 3 unspecified atom stereocenters. The number of aliphatic hydroxyl groups is 2. The van der Waals surface area contributed by atoms with E-state index in [0.717, 1.165) is 25.8 Å². The summed E-state index contributed by atoms with van der Waals surface area (Å²) >= 11 is 0. The van der Waals surface area contributed by atoms with E-state index < -0.39 is 18.4 Å². The standard InChI is InChI=1S/C15H29N3O3/c1-4-9-17(5-2)13(20)12(11(3)19)18-10-15(14(18)21)7-6-8-16-15/h11-12,14,16,19,21H,4-10H2,1-3H3/t11-,12?,14?,15?/m1/s1. The van der Waals surface area contributed by atoms with Crippen molar-refractivity contribution in [3.63, 3.8) is 0 Å². The van der Waals surface area contributed by atoms with Crippen LogP contribution < -0.4 is 5.32 Å². The molecule has 0 saturated carbocycles. The first-order valence-corrected chi connectivity index (χ1v) is 8.12. The Morgan fingerprint density at radius 2 is 2.24 bits per heavy atom. The lowest BCUT2D eigenvalue weighted by Crippen LogP contribution is -2.78. The van der Waals surface area contributed by atoms with Crippen LogP contribution in [0.1, 0.15) is 40.0 Å². The summed E-state index contributed by atoms with van der Waals surface area (Å²) < 4.78 is 0. The van der Waals surface area contributed by atoms with E-state index in [0.29, 0.717) is 19.6 Å². The van der Waals surface area contributed by atoms with Crippen molar-refractivity contribution in [2.24, 2.45) is 0 Å². The van der Waals surface area contributed by atoms with Crippen LogP contribution >= 0.6 is 0 Å². The smallest absolute Gasteiger partial charge is 0.242 e. The third-order valence-electron chi connectivity index (χ3n) is 4.80. The van der Waals surface area contributed by atoms with Gasteiger partial charge in [0.2, 0.25) is 5.91 Å². The molecule has 122 valence electrons. The zero-order chi connectivity index (χ0) is 15.6. The number of rotatable bonds is 6. The summed E-state index contributed by atoms with van der Waals surface area (Å²) in [6.45, 7) is 8.45. The Labute approximate surface area is 127 Å². The number of nitrogens with zero attached hydrogens (tertiary/aromatic N) is 2. The highest BCUT2D eigenvalue weighted by Gasteiger charge is 2.57. The minimum Gasteiger partial charge on any atom is -0.391 e. The molecule has 0 aromatic rings. The SMILES string of the molecule is CCCN(CC)C(=O)C([C@@H](C)O)N1CC2(CCCN2)C1O. The van der Waals surface area contributed by atoms with Crippen LogP contribution in [0.25, 0.3) is 0 Å². The predicted octanol–water partition coefficient (Wildman–Crippen LogP) is -0.249. The lowest BCUT2D eigenvalue weighted by atomic mass is 9.83. The zero-order valence-corrected chi connectivity index (χ0v) is 13.4. The Kier molecular flexibility index (Phi) is 5.24. The number of carbonyl (C=O) groups is 1. The lowest BCUT2D eigenvalue weighted by Gasteiger charge is -2.56. The van der Waals surface area contributed by atoms with Gasteiger partial charge in [-0.25, -0.2) is 0 Å². The molecule has 2 saturated heterocycles. The number of likely N-dealkylation sites (N-methyl/N-ethyl adjacent to an activating group) is 1. The molecule has 0 radical (unpaired) electrons. The molecule has 2 aliphatic heterocycles. The number of aliphatic hydroxyl groups excluding tert-OH is 2. The maximum atomic E-state index is 12.7. The van der Waals surface area contributed by atoms with Crippen LogP contribution in [0.15, 0.2) is 0 Å². The van der Waals surface area contributed by atoms with Gasteiger partial charge in [0.05, 0.1) is 11.6 Å². The average Bonchev–Trinajstić information content (AvgIpc) is 2.95. The molecule has 0 aromatic carbocycles. The van der Waals surface area contributed by atoms with Crippen molar-refractivity contribution in [3.05, 3.63) is 0 Å². The van der Waals surface area contributed by atoms with E-state index in [4.69, 9.17) is 0 Å². The van der Waals surface area contributed by atoms with E-state index in [1.165, 1.54) is 0 Å². The lowest BCUT2D eigenvalue weighted by molar-refractivity contribution is -0.195. The summed E-state index contributed by atoms with van der Waals surface area (Å²) in [4.78, 5) is 16.2. The second kappa shape index (κ2) is 6.60. The Bertz CT molecular complexity index is 369. The van der Waals surface area contributed by atoms with Crippen molar-refractivity contribution in [2.45, 2.75) is 63.9 Å². The first-order chi connectivity index (χ1) is 9.96. The fourth-order valence-corrected chi connectivity index (χ4v) is 3.64. The maximum absolute atomic E-state index is 12.7. The molecule has 2 fully saturated rings. The Hall–Kier alpha value is -0.690. The zero-order valence-electron chi connectivity index (χ0n) is 13.4. The minimum atomic E-state index is -0.795. The molecular formula is C15H29N3O3. The third kappa shape index (κ3) is 2.95. The summed E-state index contributed by atoms with van der Waals surface area (Å²) in [6, 6.07) is -0.653. The molecule has 1 amide bonds. The van der Waals surface area contributed by atoms with Crippen molar-refractivity contribution in [2.75, 3.05) is 26.2 Å². The number of hydrogen-bond acceptors (Lipinski definition) is 5. The number of likely N-dealkylation sites (tertiary alicyclic amines) is 1. The van der Waals surface area contributed by atoms with E-state index in [1.807, 2.05) is 13.8 Å². The molecule has 6 nitrogen and oxygen atoms in total. The molecule has 0 aliphatic carbocycles. The van der Waals surface area contributed by atoms with Crippen LogP contribution in [0.2, 0.25) is 0 Å². The highest BCUT2D eigenvalue weighted by atomic mass is 16.3. The van der Waals surface area contributed by atoms with Gasteiger partial charge in [-0.05, 0) is 39.7 Å². The number of nitrogens with one attached hydrogen (secondary N) is 1. The second-order valence-electron chi connectivity index (χ2n) is 6.34. The summed E-state index contributed by atoms with van der Waals surface area (Å²) in [5.74, 6) is -0.0822. The van der Waals surface area contributed by atoms with Gasteiger partial charge in [0.1, 0.15) is 12.3 Å². The Balaban J connectivity index is 2.08. The number of amides is 1. The highest BCUT2D eigenvalue weighted by Crippen LogP contribution is 2.37. The van der Waals surface area contributed by atoms with Gasteiger partial charge >= 0.3 is 0 Å². The Morgan fingerprint density at radius 3 is 2.67 bits per heavy atom. The molecule has 4 atom stereocenters. The van der Waals surface area contributed by atoms with E-state index in [-0.39, 0.29) is 11.4 Å². The van der Waals surface area contributed by atoms with Gasteiger partial charge in [-0.3, -0.25) is 9.69 Å². The molecule has 3 N–H and O–H groups in total. The van der Waals surface area contributed by atoms with Gasteiger partial charge in [0.25, 0.3) is 0 Å². The van der Waals surface area contributed by atoms with E-state index in [1.54, 1.807) is 16.7 Å². The average molecular weight is 299 g/mol. The maximum Gasteiger partial charge on any atom is 0.242 e. The van der Waals surface area contributed by atoms with E-state index in [9.17, 15) is 15.0 Å². The molecule has 0 aromatic heterocycles. The van der Waals surface area contributed by atoms with Gasteiger partial charge in [-0.1, -0.05) is 6.92 Å². The molecular weight excluding hydrogens is 270 g/mol. The normalized spacial score (nSPS) is 32.0. The van der Waals surface area contributed by atoms with E-state index >= 15 is 0 Å². The summed E-state index contributed by atoms with van der Waals surface area (Å²) in [7, 11) is 0. The fourth-order valence-electron chi connectivity index (χ4n) is 3.64. The van der Waals surface area contributed by atoms with E-state index in [2.05, 4.69) is 5.32 Å². The first-order valence-electron chi connectivity index (χ1n) is 8.12. The van der Waals surface area contributed by atoms with Crippen LogP contribution in [0.5, 0.6) is 0 Å². The van der Waals surface area contributed by atoms with Crippen LogP contribution in [0.3, 0.4) is 0 Å². The van der Waals surface area contributed by atoms with Crippen molar-refractivity contribution >= 4 is 5.91 Å². The van der Waals surface area contributed by atoms with Crippen molar-refractivity contribution in [1.29, 1.82) is 0 Å². The number of hydrogen-bond donors (Lipinski definition) is 3. The van der Waals surface area contributed by atoms with Gasteiger partial charge in [-0.2, -0.15) is 0 Å². The molecule has 21 heavy (non-hydrogen) atoms. The molecule has 2 rings (SSSR count). The van der Waals surface area contributed by atoms with Gasteiger partial charge in [0, 0.05) is 19.6 Å². The number of carbonyl (C=O) groups excluding carboxylic acids is 1. The van der Waals surface area contributed by atoms with Gasteiger partial charge < -0.3 is 20.4 Å². The molecule has 2 aliphatic rings. The van der Waals surface area contributed by atoms with Crippen LogP contribution in [0.4, 0.5) is 0 Å². The van der Waals surface area contributed by atoms with Crippen LogP contribution in [0, 0.1) is 0 Å². The third-order valence-corrected chi connectivity index (χ3v) is 4.80. The molecule has 0 bridgehead atoms. The largest absolute Gasteiger partial charge is 0.391 e. The quantitative estimate of drug-likeness (QED) is 0.631. The Morgan fingerprint density at radius 1 is 1.52 bits per heavy atom. The minimum absolute atomic E-state index is 0.0822. The molecule has 1 spiro atoms. The van der Waals surface area contributed by atoms with Crippen LogP contribution in [-0.4, -0.2) is 76.0 Å². The van der Waals surface area contributed by atoms with Crippen LogP contribution in [-0.2, 0) is 4.79 Å². The topological polar surface area (TPSA) is 76.0 Å². The summed E-state index contributed by atoms with van der Waals surface area (Å²) in [5, 5.41) is 23.9. The molecule has 6 heteroatoms. The predicted molar refractivity (Wildman–Crippen MR) is 80.7 cm³/mol. The first kappa shape index (κ1) is 16.7. The summed E-state index contributed by atoms with van der Waals surface area (Å²) in [5.41, 5.74) is -0.269. The summed E-state index contributed by atoms with van der Waals surface area (Å²) in [6.07, 6.45) is 1.38. The van der Waals surface area contributed by atoms with Gasteiger partial charge in [-0.15, -0.1) is 0 Å². The second-order valence-corrected chi connectivity index (χ2v) is 6.34. The fraction of sp³-hybridized carbons (Fsp3) is 0.933. The molecule has 2 heterocycles. The van der Waals surface area contributed by atoms with Crippen molar-refractivity contribution < 1.29 is 15.0 Å². The monoisotopic (exact) mass is 299 g/mol.